The van der Waals surface area contributed by atoms with E-state index in [9.17, 15) is 9.59 Å². The van der Waals surface area contributed by atoms with Gasteiger partial charge in [0.15, 0.2) is 5.82 Å². The molecule has 2 aromatic carbocycles. The zero-order valence-electron chi connectivity index (χ0n) is 19.6. The monoisotopic (exact) mass is 494 g/mol. The van der Waals surface area contributed by atoms with Crippen LogP contribution in [0.15, 0.2) is 48.7 Å². The van der Waals surface area contributed by atoms with Crippen molar-refractivity contribution in [2.45, 2.75) is 13.8 Å². The van der Waals surface area contributed by atoms with E-state index < -0.39 is 0 Å². The summed E-state index contributed by atoms with van der Waals surface area (Å²) in [5, 5.41) is 9.43. The maximum atomic E-state index is 12.8. The Bertz CT molecular complexity index is 1230. The lowest BCUT2D eigenvalue weighted by Crippen LogP contribution is -2.40. The summed E-state index contributed by atoms with van der Waals surface area (Å²) in [6, 6.07) is 12.6. The lowest BCUT2D eigenvalue weighted by atomic mass is 10.1. The summed E-state index contributed by atoms with van der Waals surface area (Å²) in [7, 11) is 0. The fraction of sp³-hybridized carbons (Fsp3) is 0.280. The fourth-order valence-corrected chi connectivity index (χ4v) is 3.83. The molecule has 3 N–H and O–H groups in total. The molecular weight excluding hydrogens is 468 g/mol. The van der Waals surface area contributed by atoms with E-state index in [1.165, 1.54) is 6.20 Å². The van der Waals surface area contributed by atoms with Gasteiger partial charge in [0, 0.05) is 30.9 Å². The van der Waals surface area contributed by atoms with Crippen LogP contribution < -0.4 is 16.0 Å². The molecule has 3 aromatic rings. The van der Waals surface area contributed by atoms with Gasteiger partial charge in [0.1, 0.15) is 5.02 Å². The van der Waals surface area contributed by atoms with E-state index in [1.54, 1.807) is 29.2 Å². The summed E-state index contributed by atoms with van der Waals surface area (Å²) in [6.45, 7) is 6.60. The Morgan fingerprint density at radius 1 is 1.09 bits per heavy atom. The van der Waals surface area contributed by atoms with Crippen LogP contribution in [0.4, 0.5) is 23.1 Å². The highest BCUT2D eigenvalue weighted by molar-refractivity contribution is 6.33. The van der Waals surface area contributed by atoms with Crippen molar-refractivity contribution in [3.63, 3.8) is 0 Å². The molecule has 35 heavy (non-hydrogen) atoms. The molecule has 0 radical (unpaired) electrons. The minimum absolute atomic E-state index is 0.0112. The largest absolute Gasteiger partial charge is 0.378 e. The summed E-state index contributed by atoms with van der Waals surface area (Å²) in [4.78, 5) is 35.7. The average Bonchev–Trinajstić information content (AvgIpc) is 2.87. The number of carbonyl (C=O) groups excluding carboxylic acids is 2. The van der Waals surface area contributed by atoms with E-state index in [4.69, 9.17) is 16.3 Å². The zero-order chi connectivity index (χ0) is 24.8. The molecule has 0 atom stereocenters. The Morgan fingerprint density at radius 2 is 1.86 bits per heavy atom. The summed E-state index contributed by atoms with van der Waals surface area (Å²) >= 11 is 6.34. The third-order valence-corrected chi connectivity index (χ3v) is 5.80. The van der Waals surface area contributed by atoms with Gasteiger partial charge in [-0.25, -0.2) is 4.98 Å². The number of ether oxygens (including phenoxy) is 1. The minimum atomic E-state index is -0.193. The molecule has 9 nitrogen and oxygen atoms in total. The third kappa shape index (κ3) is 5.87. The lowest BCUT2D eigenvalue weighted by Gasteiger charge is -2.27. The molecule has 2 amide bonds. The molecule has 1 aromatic heterocycles. The molecular formula is C25H27ClN6O3. The van der Waals surface area contributed by atoms with Crippen molar-refractivity contribution in [3.05, 3.63) is 70.4 Å². The van der Waals surface area contributed by atoms with Crippen molar-refractivity contribution in [2.24, 2.45) is 0 Å². The third-order valence-electron chi connectivity index (χ3n) is 5.52. The van der Waals surface area contributed by atoms with E-state index in [0.717, 1.165) is 11.3 Å². The Labute approximate surface area is 208 Å². The number of hydrogen-bond donors (Lipinski definition) is 3. The molecule has 1 aliphatic rings. The maximum absolute atomic E-state index is 12.8. The van der Waals surface area contributed by atoms with Gasteiger partial charge in [-0.15, -0.1) is 0 Å². The second-order valence-electron chi connectivity index (χ2n) is 7.98. The minimum Gasteiger partial charge on any atom is -0.378 e. The molecule has 0 spiro atoms. The van der Waals surface area contributed by atoms with Crippen LogP contribution in [-0.2, 0) is 4.74 Å². The average molecular weight is 495 g/mol. The number of morpholine rings is 1. The number of hydrogen-bond acceptors (Lipinski definition) is 7. The predicted molar refractivity (Wildman–Crippen MR) is 136 cm³/mol. The van der Waals surface area contributed by atoms with Crippen LogP contribution in [0.25, 0.3) is 0 Å². The smallest absolute Gasteiger partial charge is 0.254 e. The number of aryl methyl sites for hydroxylation is 1. The Morgan fingerprint density at radius 3 is 2.60 bits per heavy atom. The molecule has 10 heteroatoms. The number of carbonyl (C=O) groups is 2. The molecule has 182 valence electrons. The lowest BCUT2D eigenvalue weighted by molar-refractivity contribution is 0.0303. The summed E-state index contributed by atoms with van der Waals surface area (Å²) in [6.07, 6.45) is 1.49. The molecule has 1 fully saturated rings. The molecule has 0 aliphatic carbocycles. The van der Waals surface area contributed by atoms with Gasteiger partial charge >= 0.3 is 0 Å². The number of benzene rings is 2. The zero-order valence-corrected chi connectivity index (χ0v) is 20.4. The molecule has 2 heterocycles. The van der Waals surface area contributed by atoms with Crippen LogP contribution in [0.1, 0.15) is 33.2 Å². The van der Waals surface area contributed by atoms with Gasteiger partial charge < -0.3 is 25.6 Å². The SMILES string of the molecule is CCNC(=O)c1ccccc1Nc1nc(Nc2ccc(C(=O)N3CCOCC3)cc2C)ncc1Cl. The van der Waals surface area contributed by atoms with Gasteiger partial charge in [0.05, 0.1) is 30.7 Å². The molecule has 4 rings (SSSR count). The van der Waals surface area contributed by atoms with Crippen LogP contribution in [0, 0.1) is 6.92 Å². The maximum Gasteiger partial charge on any atom is 0.254 e. The normalized spacial score (nSPS) is 13.3. The van der Waals surface area contributed by atoms with Crippen molar-refractivity contribution >= 4 is 46.6 Å². The molecule has 0 bridgehead atoms. The Hall–Kier alpha value is -3.69. The van der Waals surface area contributed by atoms with Gasteiger partial charge in [-0.05, 0) is 49.7 Å². The number of aromatic nitrogens is 2. The van der Waals surface area contributed by atoms with Crippen molar-refractivity contribution in [3.8, 4) is 0 Å². The van der Waals surface area contributed by atoms with Crippen LogP contribution >= 0.6 is 11.6 Å². The first kappa shape index (κ1) is 24.4. The van der Waals surface area contributed by atoms with E-state index in [-0.39, 0.29) is 11.8 Å². The summed E-state index contributed by atoms with van der Waals surface area (Å²) in [5.41, 5.74) is 3.32. The predicted octanol–water partition coefficient (Wildman–Crippen LogP) is 4.15. The first-order valence-electron chi connectivity index (χ1n) is 11.4. The van der Waals surface area contributed by atoms with Gasteiger partial charge in [-0.3, -0.25) is 9.59 Å². The van der Waals surface area contributed by atoms with E-state index >= 15 is 0 Å². The number of amides is 2. The fourth-order valence-electron chi connectivity index (χ4n) is 3.69. The number of rotatable bonds is 7. The summed E-state index contributed by atoms with van der Waals surface area (Å²) < 4.78 is 5.33. The second-order valence-corrected chi connectivity index (χ2v) is 8.39. The van der Waals surface area contributed by atoms with Gasteiger partial charge in [0.2, 0.25) is 5.95 Å². The van der Waals surface area contributed by atoms with Crippen molar-refractivity contribution in [1.82, 2.24) is 20.2 Å². The van der Waals surface area contributed by atoms with Crippen LogP contribution in [0.5, 0.6) is 0 Å². The van der Waals surface area contributed by atoms with E-state index in [2.05, 4.69) is 25.9 Å². The number of nitrogens with zero attached hydrogens (tertiary/aromatic N) is 3. The number of para-hydroxylation sites is 1. The first-order chi connectivity index (χ1) is 17.0. The van der Waals surface area contributed by atoms with Crippen molar-refractivity contribution in [1.29, 1.82) is 0 Å². The van der Waals surface area contributed by atoms with Crippen LogP contribution in [0.3, 0.4) is 0 Å². The number of nitrogens with one attached hydrogen (secondary N) is 3. The highest BCUT2D eigenvalue weighted by atomic mass is 35.5. The first-order valence-corrected chi connectivity index (χ1v) is 11.8. The number of anilines is 4. The van der Waals surface area contributed by atoms with Crippen LogP contribution in [-0.4, -0.2) is 59.5 Å². The Kier molecular flexibility index (Phi) is 7.79. The van der Waals surface area contributed by atoms with Gasteiger partial charge in [-0.1, -0.05) is 23.7 Å². The second kappa shape index (κ2) is 11.2. The van der Waals surface area contributed by atoms with Crippen molar-refractivity contribution in [2.75, 3.05) is 43.5 Å². The molecule has 1 aliphatic heterocycles. The Balaban J connectivity index is 1.52. The highest BCUT2D eigenvalue weighted by Gasteiger charge is 2.19. The topological polar surface area (TPSA) is 108 Å². The molecule has 0 saturated carbocycles. The van der Waals surface area contributed by atoms with Gasteiger partial charge in [-0.2, -0.15) is 4.98 Å². The number of halogens is 1. The molecule has 1 saturated heterocycles. The van der Waals surface area contributed by atoms with E-state index in [1.807, 2.05) is 32.0 Å². The van der Waals surface area contributed by atoms with Crippen LogP contribution in [0.2, 0.25) is 5.02 Å². The van der Waals surface area contributed by atoms with E-state index in [0.29, 0.717) is 66.5 Å². The summed E-state index contributed by atoms with van der Waals surface area (Å²) in [5.74, 6) is 0.477. The molecule has 0 unspecified atom stereocenters. The highest BCUT2D eigenvalue weighted by Crippen LogP contribution is 2.28. The van der Waals surface area contributed by atoms with Gasteiger partial charge in [0.25, 0.3) is 11.8 Å². The standard InChI is InChI=1S/C25H27ClN6O3/c1-3-27-23(33)18-6-4-5-7-21(18)29-22-19(26)15-28-25(31-22)30-20-9-8-17(14-16(20)2)24(34)32-10-12-35-13-11-32/h4-9,14-15H,3,10-13H2,1-2H3,(H,27,33)(H2,28,29,30,31). The van der Waals surface area contributed by atoms with Crippen molar-refractivity contribution < 1.29 is 14.3 Å². The quantitative estimate of drug-likeness (QED) is 0.452.